The third-order valence-corrected chi connectivity index (χ3v) is 9.66. The van der Waals surface area contributed by atoms with Gasteiger partial charge in [-0.25, -0.2) is 0 Å². The number of phenolic OH excluding ortho intramolecular Hbond substituents is 4. The maximum atomic E-state index is 12.5. The summed E-state index contributed by atoms with van der Waals surface area (Å²) in [6, 6.07) is 22.1. The third kappa shape index (κ3) is 5.61. The second-order valence-corrected chi connectivity index (χ2v) is 13.0. The van der Waals surface area contributed by atoms with Crippen molar-refractivity contribution in [3.63, 3.8) is 0 Å². The van der Waals surface area contributed by atoms with Gasteiger partial charge >= 0.3 is 0 Å². The second-order valence-electron chi connectivity index (χ2n) is 13.0. The summed E-state index contributed by atoms with van der Waals surface area (Å²) < 4.78 is 0. The van der Waals surface area contributed by atoms with Crippen LogP contribution in [0.5, 0.6) is 23.0 Å². The molecule has 0 unspecified atom stereocenters. The molecule has 0 heterocycles. The van der Waals surface area contributed by atoms with E-state index in [-0.39, 0.29) is 102 Å². The zero-order valence-electron chi connectivity index (χ0n) is 29.3. The van der Waals surface area contributed by atoms with Gasteiger partial charge in [-0.1, -0.05) is 36.4 Å². The largest absolute Gasteiger partial charge is 0.507 e. The van der Waals surface area contributed by atoms with Crippen molar-refractivity contribution in [3.8, 4) is 23.0 Å². The number of fused-ring (bicyclic) bond motifs is 6. The molecule has 9 rings (SSSR count). The first-order chi connectivity index (χ1) is 27.1. The number of hydrogen-bond donors (Lipinski definition) is 9. The molecule has 282 valence electrons. The molecule has 0 aliphatic heterocycles. The lowest BCUT2D eigenvalue weighted by Gasteiger charge is -2.21. The summed E-state index contributed by atoms with van der Waals surface area (Å²) in [5, 5.41) is 39.3. The summed E-state index contributed by atoms with van der Waals surface area (Å²) in [6.07, 6.45) is 0. The SMILES string of the molecule is Nc1ccc(O)c2c1C(=O)c1c(N)ccc(O)c1C2=O.Nc1ccc(O)c2c1C(=O)c1c(O)ccc(N)c1C2=O.Nc1cccc2c1C(=O)c1ccccc1C2=O. The molecule has 0 amide bonds. The number of hydrogen-bond acceptors (Lipinski definition) is 15. The Balaban J connectivity index is 0.000000131. The van der Waals surface area contributed by atoms with Crippen LogP contribution in [0.1, 0.15) is 95.5 Å². The summed E-state index contributed by atoms with van der Waals surface area (Å²) in [7, 11) is 0. The van der Waals surface area contributed by atoms with Crippen LogP contribution in [-0.2, 0) is 0 Å². The minimum atomic E-state index is -0.677. The van der Waals surface area contributed by atoms with Gasteiger partial charge in [0.1, 0.15) is 23.0 Å². The van der Waals surface area contributed by atoms with Crippen LogP contribution in [-0.4, -0.2) is 55.1 Å². The van der Waals surface area contributed by atoms with Crippen molar-refractivity contribution in [2.24, 2.45) is 0 Å². The van der Waals surface area contributed by atoms with E-state index in [1.54, 1.807) is 42.5 Å². The Labute approximate surface area is 321 Å². The minimum absolute atomic E-state index is 0.0589. The smallest absolute Gasteiger partial charge is 0.202 e. The molecule has 0 saturated carbocycles. The topological polar surface area (TPSA) is 313 Å². The number of nitrogen functional groups attached to an aromatic ring is 5. The van der Waals surface area contributed by atoms with Gasteiger partial charge in [-0.15, -0.1) is 0 Å². The van der Waals surface area contributed by atoms with E-state index < -0.39 is 23.1 Å². The highest BCUT2D eigenvalue weighted by Gasteiger charge is 2.38. The molecule has 0 fully saturated rings. The quantitative estimate of drug-likeness (QED) is 0.0775. The Morgan fingerprint density at radius 1 is 0.263 bits per heavy atom. The van der Waals surface area contributed by atoms with Crippen LogP contribution in [0.3, 0.4) is 0 Å². The van der Waals surface area contributed by atoms with Gasteiger partial charge < -0.3 is 49.1 Å². The van der Waals surface area contributed by atoms with Crippen LogP contribution in [0.15, 0.2) is 91.0 Å². The summed E-state index contributed by atoms with van der Waals surface area (Å²) in [5.74, 6) is -4.25. The van der Waals surface area contributed by atoms with Crippen molar-refractivity contribution >= 4 is 63.1 Å². The molecule has 6 aromatic rings. The number of benzene rings is 6. The van der Waals surface area contributed by atoms with E-state index in [4.69, 9.17) is 28.7 Å². The monoisotopic (exact) mass is 763 g/mol. The molecule has 15 nitrogen and oxygen atoms in total. The van der Waals surface area contributed by atoms with E-state index in [0.29, 0.717) is 27.9 Å². The van der Waals surface area contributed by atoms with E-state index in [9.17, 15) is 49.2 Å². The Kier molecular flexibility index (Phi) is 8.69. The zero-order chi connectivity index (χ0) is 41.2. The van der Waals surface area contributed by atoms with Crippen LogP contribution in [0.25, 0.3) is 0 Å². The molecular formula is C42H29N5O10. The van der Waals surface area contributed by atoms with E-state index in [1.165, 1.54) is 48.5 Å². The van der Waals surface area contributed by atoms with Gasteiger partial charge in [-0.05, 0) is 54.6 Å². The molecule has 0 aromatic heterocycles. The Morgan fingerprint density at radius 3 is 0.912 bits per heavy atom. The highest BCUT2D eigenvalue weighted by Crippen LogP contribution is 2.42. The fourth-order valence-electron chi connectivity index (χ4n) is 7.00. The van der Waals surface area contributed by atoms with Gasteiger partial charge in [-0.2, -0.15) is 0 Å². The highest BCUT2D eigenvalue weighted by molar-refractivity contribution is 6.34. The molecule has 0 bridgehead atoms. The van der Waals surface area contributed by atoms with Gasteiger partial charge in [0.2, 0.25) is 17.3 Å². The fraction of sp³-hybridized carbons (Fsp3) is 0. The van der Waals surface area contributed by atoms with Gasteiger partial charge in [0.25, 0.3) is 0 Å². The number of phenols is 4. The average Bonchev–Trinajstić information content (AvgIpc) is 3.19. The van der Waals surface area contributed by atoms with Crippen LogP contribution in [0, 0.1) is 0 Å². The standard InChI is InChI=1S/2C14H10N2O4.C14H9NO2/c15-5-1-3-7(17)11-9(5)13(19)12-8(18)4-2-6(16)10(12)14(11)20;15-5-1-3-7(17)11-9(5)13(19)10-6(16)2-4-8(18)12(10)14(11)20;15-11-7-3-6-10-12(11)14(17)9-5-2-1-4-8(9)13(10)16/h2*1-4,17-18H,15-16H2;1-7H,15H2. The van der Waals surface area contributed by atoms with Gasteiger partial charge in [0.15, 0.2) is 17.3 Å². The lowest BCUT2D eigenvalue weighted by atomic mass is 9.81. The van der Waals surface area contributed by atoms with Crippen LogP contribution in [0.4, 0.5) is 28.4 Å². The Bertz CT molecular complexity index is 2470. The third-order valence-electron chi connectivity index (χ3n) is 9.66. The number of aromatic hydroxyl groups is 4. The summed E-state index contributed by atoms with van der Waals surface area (Å²) in [5.41, 5.74) is 29.7. The van der Waals surface area contributed by atoms with Crippen molar-refractivity contribution in [2.75, 3.05) is 28.7 Å². The summed E-state index contributed by atoms with van der Waals surface area (Å²) >= 11 is 0. The van der Waals surface area contributed by atoms with Crippen LogP contribution >= 0.6 is 0 Å². The number of rotatable bonds is 0. The predicted octanol–water partition coefficient (Wildman–Crippen LogP) is 4.12. The molecule has 0 spiro atoms. The molecule has 0 radical (unpaired) electrons. The first-order valence-electron chi connectivity index (χ1n) is 16.8. The number of carbonyl (C=O) groups is 6. The van der Waals surface area contributed by atoms with Gasteiger partial charge in [0.05, 0.1) is 50.1 Å². The van der Waals surface area contributed by atoms with E-state index in [1.807, 2.05) is 0 Å². The van der Waals surface area contributed by atoms with E-state index >= 15 is 0 Å². The first kappa shape index (κ1) is 36.9. The van der Waals surface area contributed by atoms with E-state index in [0.717, 1.165) is 0 Å². The van der Waals surface area contributed by atoms with Crippen LogP contribution in [0.2, 0.25) is 0 Å². The molecule has 15 heteroatoms. The molecule has 14 N–H and O–H groups in total. The summed E-state index contributed by atoms with van der Waals surface area (Å²) in [6.45, 7) is 0. The summed E-state index contributed by atoms with van der Waals surface area (Å²) in [4.78, 5) is 74.2. The lowest BCUT2D eigenvalue weighted by molar-refractivity contribution is 0.0975. The Morgan fingerprint density at radius 2 is 0.544 bits per heavy atom. The molecule has 3 aliphatic carbocycles. The number of carbonyl (C=O) groups excluding carboxylic acids is 6. The minimum Gasteiger partial charge on any atom is -0.507 e. The number of nitrogens with two attached hydrogens (primary N) is 5. The lowest BCUT2D eigenvalue weighted by Crippen LogP contribution is -2.24. The zero-order valence-corrected chi connectivity index (χ0v) is 29.3. The molecule has 0 atom stereocenters. The number of ketones is 6. The average molecular weight is 764 g/mol. The van der Waals surface area contributed by atoms with Crippen molar-refractivity contribution < 1.29 is 49.2 Å². The normalized spacial score (nSPS) is 13.1. The van der Waals surface area contributed by atoms with Gasteiger partial charge in [-0.3, -0.25) is 28.8 Å². The van der Waals surface area contributed by atoms with Gasteiger partial charge in [0, 0.05) is 45.1 Å². The van der Waals surface area contributed by atoms with Crippen molar-refractivity contribution in [3.05, 3.63) is 158 Å². The Hall–Kier alpha value is -8.46. The maximum absolute atomic E-state index is 12.5. The maximum Gasteiger partial charge on any atom is 0.202 e. The first-order valence-corrected chi connectivity index (χ1v) is 16.8. The fourth-order valence-corrected chi connectivity index (χ4v) is 7.00. The molecular weight excluding hydrogens is 734 g/mol. The van der Waals surface area contributed by atoms with E-state index in [2.05, 4.69) is 0 Å². The van der Waals surface area contributed by atoms with Crippen molar-refractivity contribution in [2.45, 2.75) is 0 Å². The molecule has 0 saturated heterocycles. The second kappa shape index (κ2) is 13.4. The highest BCUT2D eigenvalue weighted by atomic mass is 16.3. The predicted molar refractivity (Wildman–Crippen MR) is 208 cm³/mol. The van der Waals surface area contributed by atoms with Crippen LogP contribution < -0.4 is 28.7 Å². The van der Waals surface area contributed by atoms with Crippen molar-refractivity contribution in [1.82, 2.24) is 0 Å². The van der Waals surface area contributed by atoms with Crippen molar-refractivity contribution in [1.29, 1.82) is 0 Å². The molecule has 6 aromatic carbocycles. The molecule has 3 aliphatic rings. The molecule has 57 heavy (non-hydrogen) atoms. The number of anilines is 5.